The molecule has 0 bridgehead atoms. The summed E-state index contributed by atoms with van der Waals surface area (Å²) in [6.45, 7) is 1.44. The number of hydrogen-bond donors (Lipinski definition) is 1. The lowest BCUT2D eigenvalue weighted by atomic mass is 10.2. The third-order valence-electron chi connectivity index (χ3n) is 2.20. The molecule has 0 radical (unpaired) electrons. The first kappa shape index (κ1) is 8.25. The van der Waals surface area contributed by atoms with E-state index < -0.39 is 0 Å². The van der Waals surface area contributed by atoms with Crippen molar-refractivity contribution in [3.63, 3.8) is 0 Å². The van der Waals surface area contributed by atoms with Gasteiger partial charge in [0.25, 0.3) is 0 Å². The molecule has 1 aliphatic rings. The summed E-state index contributed by atoms with van der Waals surface area (Å²) in [5, 5.41) is 7.34. The maximum absolute atomic E-state index is 11.3. The molecule has 0 amide bonds. The fraction of sp³-hybridized carbons (Fsp3) is 0.500. The van der Waals surface area contributed by atoms with Gasteiger partial charge in [-0.2, -0.15) is 5.10 Å². The Hall–Kier alpha value is -1.36. The average molecular weight is 181 g/mol. The van der Waals surface area contributed by atoms with E-state index in [4.69, 9.17) is 0 Å². The standard InChI is InChI=1S/C8H11N3O2/c1-11-7(8(12)13-2)5-3-9-4-6(5)10-11/h9H,3-4H2,1-2H3. The van der Waals surface area contributed by atoms with Gasteiger partial charge in [-0.1, -0.05) is 0 Å². The largest absolute Gasteiger partial charge is 0.464 e. The second kappa shape index (κ2) is 2.85. The van der Waals surface area contributed by atoms with Gasteiger partial charge < -0.3 is 10.1 Å². The smallest absolute Gasteiger partial charge is 0.356 e. The van der Waals surface area contributed by atoms with Crippen LogP contribution in [-0.2, 0) is 24.9 Å². The lowest BCUT2D eigenvalue weighted by Gasteiger charge is -2.01. The molecule has 1 aliphatic heterocycles. The monoisotopic (exact) mass is 181 g/mol. The first-order chi connectivity index (χ1) is 6.24. The van der Waals surface area contributed by atoms with Gasteiger partial charge in [-0.05, 0) is 0 Å². The van der Waals surface area contributed by atoms with E-state index in [9.17, 15) is 4.79 Å². The van der Waals surface area contributed by atoms with E-state index >= 15 is 0 Å². The molecule has 2 rings (SSSR count). The van der Waals surface area contributed by atoms with Gasteiger partial charge in [-0.25, -0.2) is 4.79 Å². The Morgan fingerprint density at radius 3 is 3.08 bits per heavy atom. The van der Waals surface area contributed by atoms with Gasteiger partial charge in [0, 0.05) is 25.7 Å². The quantitative estimate of drug-likeness (QED) is 0.610. The third kappa shape index (κ3) is 1.12. The van der Waals surface area contributed by atoms with Gasteiger partial charge in [0.15, 0.2) is 5.69 Å². The van der Waals surface area contributed by atoms with Crippen LogP contribution in [0.4, 0.5) is 0 Å². The van der Waals surface area contributed by atoms with Crippen molar-refractivity contribution >= 4 is 5.97 Å². The highest BCUT2D eigenvalue weighted by molar-refractivity contribution is 5.89. The van der Waals surface area contributed by atoms with Crippen LogP contribution < -0.4 is 5.32 Å². The van der Waals surface area contributed by atoms with Crippen molar-refractivity contribution in [2.24, 2.45) is 7.05 Å². The summed E-state index contributed by atoms with van der Waals surface area (Å²) >= 11 is 0. The number of methoxy groups -OCH3 is 1. The number of rotatable bonds is 1. The molecule has 0 fully saturated rings. The first-order valence-corrected chi connectivity index (χ1v) is 4.08. The lowest BCUT2D eigenvalue weighted by Crippen LogP contribution is -2.13. The molecule has 0 atom stereocenters. The number of hydrogen-bond acceptors (Lipinski definition) is 4. The van der Waals surface area contributed by atoms with Crippen LogP contribution in [0, 0.1) is 0 Å². The van der Waals surface area contributed by atoms with E-state index in [0.717, 1.165) is 17.8 Å². The van der Waals surface area contributed by atoms with Crippen LogP contribution in [0.15, 0.2) is 0 Å². The minimum absolute atomic E-state index is 0.319. The van der Waals surface area contributed by atoms with E-state index in [1.165, 1.54) is 7.11 Å². The molecule has 0 aromatic carbocycles. The summed E-state index contributed by atoms with van der Waals surface area (Å²) in [6.07, 6.45) is 0. The van der Waals surface area contributed by atoms with Crippen molar-refractivity contribution in [2.45, 2.75) is 13.1 Å². The number of aromatic nitrogens is 2. The molecule has 1 aromatic heterocycles. The van der Waals surface area contributed by atoms with Crippen molar-refractivity contribution in [1.29, 1.82) is 0 Å². The second-order valence-electron chi connectivity index (χ2n) is 2.99. The zero-order chi connectivity index (χ0) is 9.42. The Morgan fingerprint density at radius 2 is 2.38 bits per heavy atom. The zero-order valence-electron chi connectivity index (χ0n) is 7.63. The van der Waals surface area contributed by atoms with Crippen molar-refractivity contribution in [1.82, 2.24) is 15.1 Å². The molecular formula is C8H11N3O2. The average Bonchev–Trinajstić information content (AvgIpc) is 2.62. The van der Waals surface area contributed by atoms with Crippen LogP contribution in [0.25, 0.3) is 0 Å². The van der Waals surface area contributed by atoms with E-state index in [1.807, 2.05) is 0 Å². The van der Waals surface area contributed by atoms with E-state index in [2.05, 4.69) is 15.2 Å². The second-order valence-corrected chi connectivity index (χ2v) is 2.99. The van der Waals surface area contributed by atoms with Gasteiger partial charge in [-0.15, -0.1) is 0 Å². The number of carbonyl (C=O) groups excluding carboxylic acids is 1. The van der Waals surface area contributed by atoms with Gasteiger partial charge in [0.2, 0.25) is 0 Å². The molecule has 0 aliphatic carbocycles. The molecule has 1 N–H and O–H groups in total. The van der Waals surface area contributed by atoms with Crippen LogP contribution in [-0.4, -0.2) is 22.9 Å². The Bertz CT molecular complexity index is 357. The third-order valence-corrected chi connectivity index (χ3v) is 2.20. The minimum atomic E-state index is -0.319. The summed E-state index contributed by atoms with van der Waals surface area (Å²) in [6, 6.07) is 0. The van der Waals surface area contributed by atoms with E-state index in [1.54, 1.807) is 11.7 Å². The number of ether oxygens (including phenoxy) is 1. The summed E-state index contributed by atoms with van der Waals surface area (Å²) in [4.78, 5) is 11.3. The summed E-state index contributed by atoms with van der Waals surface area (Å²) in [7, 11) is 3.13. The van der Waals surface area contributed by atoms with Gasteiger partial charge in [-0.3, -0.25) is 4.68 Å². The van der Waals surface area contributed by atoms with Crippen molar-refractivity contribution < 1.29 is 9.53 Å². The zero-order valence-corrected chi connectivity index (χ0v) is 7.63. The van der Waals surface area contributed by atoms with Crippen LogP contribution in [0.1, 0.15) is 21.7 Å². The van der Waals surface area contributed by atoms with Crippen LogP contribution >= 0.6 is 0 Å². The highest BCUT2D eigenvalue weighted by Gasteiger charge is 2.25. The van der Waals surface area contributed by atoms with Crippen molar-refractivity contribution in [3.05, 3.63) is 17.0 Å². The van der Waals surface area contributed by atoms with Crippen LogP contribution in [0.5, 0.6) is 0 Å². The lowest BCUT2D eigenvalue weighted by molar-refractivity contribution is 0.0587. The number of carbonyl (C=O) groups is 1. The van der Waals surface area contributed by atoms with E-state index in [-0.39, 0.29) is 5.97 Å². The first-order valence-electron chi connectivity index (χ1n) is 4.08. The summed E-state index contributed by atoms with van der Waals surface area (Å²) in [5.74, 6) is -0.319. The summed E-state index contributed by atoms with van der Waals surface area (Å²) in [5.41, 5.74) is 2.47. The highest BCUT2D eigenvalue weighted by Crippen LogP contribution is 2.18. The Morgan fingerprint density at radius 1 is 1.62 bits per heavy atom. The van der Waals surface area contributed by atoms with Gasteiger partial charge >= 0.3 is 5.97 Å². The molecule has 13 heavy (non-hydrogen) atoms. The van der Waals surface area contributed by atoms with Crippen molar-refractivity contribution in [2.75, 3.05) is 7.11 Å². The predicted molar refractivity (Wildman–Crippen MR) is 45.1 cm³/mol. The molecule has 0 unspecified atom stereocenters. The molecule has 0 spiro atoms. The number of nitrogens with one attached hydrogen (secondary N) is 1. The summed E-state index contributed by atoms with van der Waals surface area (Å²) < 4.78 is 6.25. The van der Waals surface area contributed by atoms with Crippen LogP contribution in [0.2, 0.25) is 0 Å². The molecule has 5 nitrogen and oxygen atoms in total. The molecular weight excluding hydrogens is 170 g/mol. The highest BCUT2D eigenvalue weighted by atomic mass is 16.5. The SMILES string of the molecule is COC(=O)c1c2c(nn1C)CNC2. The molecule has 2 heterocycles. The molecule has 5 heteroatoms. The fourth-order valence-electron chi connectivity index (χ4n) is 1.61. The van der Waals surface area contributed by atoms with E-state index in [0.29, 0.717) is 12.2 Å². The molecule has 0 saturated heterocycles. The molecule has 0 saturated carbocycles. The molecule has 70 valence electrons. The van der Waals surface area contributed by atoms with Crippen molar-refractivity contribution in [3.8, 4) is 0 Å². The number of nitrogens with zero attached hydrogens (tertiary/aromatic N) is 2. The Labute approximate surface area is 75.7 Å². The maximum Gasteiger partial charge on any atom is 0.356 e. The number of esters is 1. The Kier molecular flexibility index (Phi) is 1.81. The number of aryl methyl sites for hydroxylation is 1. The maximum atomic E-state index is 11.3. The predicted octanol–water partition coefficient (Wildman–Crippen LogP) is -0.190. The fourth-order valence-corrected chi connectivity index (χ4v) is 1.61. The topological polar surface area (TPSA) is 56.1 Å². The minimum Gasteiger partial charge on any atom is -0.464 e. The van der Waals surface area contributed by atoms with Gasteiger partial charge in [0.05, 0.1) is 12.8 Å². The number of fused-ring (bicyclic) bond motifs is 1. The van der Waals surface area contributed by atoms with Crippen LogP contribution in [0.3, 0.4) is 0 Å². The Balaban J connectivity index is 2.50. The van der Waals surface area contributed by atoms with Gasteiger partial charge in [0.1, 0.15) is 0 Å². The normalized spacial score (nSPS) is 14.3. The molecule has 1 aromatic rings.